The number of terminal acetylenes is 1. The highest BCUT2D eigenvalue weighted by Gasteiger charge is 2.49. The van der Waals surface area contributed by atoms with E-state index < -0.39 is 35.7 Å². The van der Waals surface area contributed by atoms with Gasteiger partial charge in [0.15, 0.2) is 0 Å². The first-order valence-electron chi connectivity index (χ1n) is 6.49. The second-order valence-electron chi connectivity index (χ2n) is 4.93. The molecule has 0 radical (unpaired) electrons. The van der Waals surface area contributed by atoms with E-state index in [-0.39, 0.29) is 6.54 Å². The second kappa shape index (κ2) is 5.85. The van der Waals surface area contributed by atoms with E-state index in [1.54, 1.807) is 0 Å². The fraction of sp³-hybridized carbons (Fsp3) is 0.267. The molecule has 2 rings (SSSR count). The molecule has 22 heavy (non-hydrogen) atoms. The highest BCUT2D eigenvalue weighted by atomic mass is 19.1. The zero-order valence-corrected chi connectivity index (χ0v) is 11.9. The molecule has 0 spiro atoms. The van der Waals surface area contributed by atoms with Crippen LogP contribution in [0.1, 0.15) is 12.5 Å². The number of rotatable bonds is 4. The molecule has 1 atom stereocenters. The van der Waals surface area contributed by atoms with Crippen molar-refractivity contribution in [1.29, 1.82) is 0 Å². The van der Waals surface area contributed by atoms with E-state index >= 15 is 0 Å². The summed E-state index contributed by atoms with van der Waals surface area (Å²) >= 11 is 0. The van der Waals surface area contributed by atoms with Crippen molar-refractivity contribution < 1.29 is 18.8 Å². The molecular weight excluding hydrogens is 289 g/mol. The number of nitrogens with one attached hydrogen (secondary N) is 2. The Kier molecular flexibility index (Phi) is 4.13. The van der Waals surface area contributed by atoms with Gasteiger partial charge in [-0.3, -0.25) is 14.5 Å². The van der Waals surface area contributed by atoms with Gasteiger partial charge in [-0.2, -0.15) is 0 Å². The van der Waals surface area contributed by atoms with E-state index in [2.05, 4.69) is 16.6 Å². The van der Waals surface area contributed by atoms with E-state index in [9.17, 15) is 18.8 Å². The normalized spacial score (nSPS) is 20.5. The lowest BCUT2D eigenvalue weighted by molar-refractivity contribution is -0.134. The molecule has 2 N–H and O–H groups in total. The maximum Gasteiger partial charge on any atom is 0.325 e. The van der Waals surface area contributed by atoms with Crippen LogP contribution < -0.4 is 10.6 Å². The third-order valence-electron chi connectivity index (χ3n) is 3.39. The van der Waals surface area contributed by atoms with Gasteiger partial charge in [-0.25, -0.2) is 9.18 Å². The van der Waals surface area contributed by atoms with Crippen molar-refractivity contribution in [2.75, 3.05) is 13.1 Å². The lowest BCUT2D eigenvalue weighted by Crippen LogP contribution is -2.43. The standard InChI is InChI=1S/C15H14FN3O3/c1-3-8-17-12(20)9-19-13(21)15(2,18-14(19)22)10-4-6-11(16)7-5-10/h1,4-7H,8-9H2,2H3,(H,17,20)(H,18,22). The van der Waals surface area contributed by atoms with Crippen LogP contribution in [-0.2, 0) is 15.1 Å². The molecule has 1 aliphatic heterocycles. The third kappa shape index (κ3) is 2.76. The second-order valence-corrected chi connectivity index (χ2v) is 4.93. The van der Waals surface area contributed by atoms with E-state index in [4.69, 9.17) is 6.42 Å². The average molecular weight is 303 g/mol. The van der Waals surface area contributed by atoms with E-state index in [0.29, 0.717) is 5.56 Å². The number of hydrogen-bond acceptors (Lipinski definition) is 3. The first-order valence-corrected chi connectivity index (χ1v) is 6.49. The number of halogens is 1. The Balaban J connectivity index is 2.19. The van der Waals surface area contributed by atoms with Gasteiger partial charge in [-0.05, 0) is 24.6 Å². The molecule has 1 heterocycles. The van der Waals surface area contributed by atoms with Gasteiger partial charge in [0.25, 0.3) is 5.91 Å². The Morgan fingerprint density at radius 1 is 1.41 bits per heavy atom. The van der Waals surface area contributed by atoms with Gasteiger partial charge >= 0.3 is 6.03 Å². The van der Waals surface area contributed by atoms with Crippen LogP contribution in [0.2, 0.25) is 0 Å². The SMILES string of the molecule is C#CCNC(=O)CN1C(=O)NC(C)(c2ccc(F)cc2)C1=O. The Hall–Kier alpha value is -2.88. The molecule has 0 aliphatic carbocycles. The minimum absolute atomic E-state index is 0.0116. The number of carbonyl (C=O) groups is 3. The van der Waals surface area contributed by atoms with Crippen LogP contribution in [0.3, 0.4) is 0 Å². The highest BCUT2D eigenvalue weighted by Crippen LogP contribution is 2.28. The van der Waals surface area contributed by atoms with Crippen molar-refractivity contribution in [3.8, 4) is 12.3 Å². The summed E-state index contributed by atoms with van der Waals surface area (Å²) in [5, 5.41) is 4.90. The van der Waals surface area contributed by atoms with Gasteiger partial charge in [0, 0.05) is 0 Å². The lowest BCUT2D eigenvalue weighted by atomic mass is 9.92. The van der Waals surface area contributed by atoms with Crippen molar-refractivity contribution in [3.05, 3.63) is 35.6 Å². The molecule has 0 aromatic heterocycles. The van der Waals surface area contributed by atoms with E-state index in [1.807, 2.05) is 0 Å². The Bertz CT molecular complexity index is 666. The minimum Gasteiger partial charge on any atom is -0.344 e. The minimum atomic E-state index is -1.34. The molecule has 6 nitrogen and oxygen atoms in total. The van der Waals surface area contributed by atoms with Crippen molar-refractivity contribution in [1.82, 2.24) is 15.5 Å². The molecule has 1 saturated heterocycles. The summed E-state index contributed by atoms with van der Waals surface area (Å²) in [5.41, 5.74) is -0.907. The van der Waals surface area contributed by atoms with Crippen LogP contribution in [0.5, 0.6) is 0 Å². The van der Waals surface area contributed by atoms with Gasteiger partial charge in [-0.1, -0.05) is 18.1 Å². The number of imide groups is 1. The summed E-state index contributed by atoms with van der Waals surface area (Å²) in [6.45, 7) is 1.08. The van der Waals surface area contributed by atoms with Crippen LogP contribution in [0.15, 0.2) is 24.3 Å². The van der Waals surface area contributed by atoms with E-state index in [0.717, 1.165) is 4.90 Å². The van der Waals surface area contributed by atoms with Gasteiger partial charge < -0.3 is 10.6 Å². The van der Waals surface area contributed by atoms with E-state index in [1.165, 1.54) is 31.2 Å². The van der Waals surface area contributed by atoms with Crippen molar-refractivity contribution in [3.63, 3.8) is 0 Å². The van der Waals surface area contributed by atoms with Crippen LogP contribution >= 0.6 is 0 Å². The summed E-state index contributed by atoms with van der Waals surface area (Å²) in [5.74, 6) is 0.652. The van der Waals surface area contributed by atoms with Crippen LogP contribution in [0, 0.1) is 18.2 Å². The summed E-state index contributed by atoms with van der Waals surface area (Å²) in [6, 6.07) is 4.53. The van der Waals surface area contributed by atoms with Gasteiger partial charge in [0.05, 0.1) is 6.54 Å². The predicted octanol–water partition coefficient (Wildman–Crippen LogP) is 0.342. The number of amides is 4. The monoisotopic (exact) mass is 303 g/mol. The zero-order chi connectivity index (χ0) is 16.3. The topological polar surface area (TPSA) is 78.5 Å². The largest absolute Gasteiger partial charge is 0.344 e. The number of benzene rings is 1. The first-order chi connectivity index (χ1) is 10.4. The first kappa shape index (κ1) is 15.5. The quantitative estimate of drug-likeness (QED) is 0.622. The van der Waals surface area contributed by atoms with Gasteiger partial charge in [-0.15, -0.1) is 6.42 Å². The van der Waals surface area contributed by atoms with Crippen molar-refractivity contribution >= 4 is 17.8 Å². The summed E-state index contributed by atoms with van der Waals surface area (Å²) < 4.78 is 13.0. The average Bonchev–Trinajstić information content (AvgIpc) is 2.70. The number of nitrogens with zero attached hydrogens (tertiary/aromatic N) is 1. The number of urea groups is 1. The number of hydrogen-bond donors (Lipinski definition) is 2. The van der Waals surface area contributed by atoms with Crippen molar-refractivity contribution in [2.24, 2.45) is 0 Å². The Labute approximate surface area is 126 Å². The van der Waals surface area contributed by atoms with Gasteiger partial charge in [0.1, 0.15) is 17.9 Å². The molecule has 1 aliphatic rings. The molecule has 0 bridgehead atoms. The Morgan fingerprint density at radius 3 is 2.64 bits per heavy atom. The molecule has 114 valence electrons. The summed E-state index contributed by atoms with van der Waals surface area (Å²) in [7, 11) is 0. The zero-order valence-electron chi connectivity index (χ0n) is 11.9. The molecule has 1 aromatic rings. The smallest absolute Gasteiger partial charge is 0.325 e. The van der Waals surface area contributed by atoms with Crippen LogP contribution in [0.4, 0.5) is 9.18 Å². The molecule has 1 unspecified atom stereocenters. The molecule has 7 heteroatoms. The fourth-order valence-electron chi connectivity index (χ4n) is 2.17. The number of carbonyl (C=O) groups excluding carboxylic acids is 3. The summed E-state index contributed by atoms with van der Waals surface area (Å²) in [6.07, 6.45) is 5.02. The molecule has 4 amide bonds. The maximum atomic E-state index is 13.0. The third-order valence-corrected chi connectivity index (χ3v) is 3.39. The summed E-state index contributed by atoms with van der Waals surface area (Å²) in [4.78, 5) is 36.8. The molecule has 1 aromatic carbocycles. The van der Waals surface area contributed by atoms with Crippen molar-refractivity contribution in [2.45, 2.75) is 12.5 Å². The highest BCUT2D eigenvalue weighted by molar-refractivity contribution is 6.09. The molecular formula is C15H14FN3O3. The van der Waals surface area contributed by atoms with Crippen LogP contribution in [-0.4, -0.2) is 35.8 Å². The fourth-order valence-corrected chi connectivity index (χ4v) is 2.17. The molecule has 0 saturated carbocycles. The molecule has 1 fully saturated rings. The predicted molar refractivity (Wildman–Crippen MR) is 75.8 cm³/mol. The Morgan fingerprint density at radius 2 is 2.05 bits per heavy atom. The van der Waals surface area contributed by atoms with Crippen LogP contribution in [0.25, 0.3) is 0 Å². The van der Waals surface area contributed by atoms with Gasteiger partial charge in [0.2, 0.25) is 5.91 Å². The maximum absolute atomic E-state index is 13.0. The lowest BCUT2D eigenvalue weighted by Gasteiger charge is -2.22.